The molecule has 0 aliphatic rings. The van der Waals surface area contributed by atoms with Gasteiger partial charge >= 0.3 is 0 Å². The molecular formula is C12H10Cl7. The van der Waals surface area contributed by atoms with E-state index in [0.29, 0.717) is 5.56 Å². The first-order valence-corrected chi connectivity index (χ1v) is 7.94. The lowest BCUT2D eigenvalue weighted by atomic mass is 10.0. The smallest absolute Gasteiger partial charge is 0.0930 e. The predicted molar refractivity (Wildman–Crippen MR) is 88.2 cm³/mol. The Kier molecular flexibility index (Phi) is 6.32. The maximum absolute atomic E-state index is 6.21. The van der Waals surface area contributed by atoms with Crippen molar-refractivity contribution in [3.05, 3.63) is 41.8 Å². The Bertz CT molecular complexity index is 417. The van der Waals surface area contributed by atoms with Gasteiger partial charge in [0.1, 0.15) is 0 Å². The van der Waals surface area contributed by atoms with Crippen LogP contribution in [0.3, 0.4) is 0 Å². The molecule has 0 N–H and O–H groups in total. The highest BCUT2D eigenvalue weighted by Gasteiger charge is 2.60. The molecule has 0 aliphatic heterocycles. The molecule has 0 atom stereocenters. The predicted octanol–water partition coefficient (Wildman–Crippen LogP) is 6.82. The van der Waals surface area contributed by atoms with Crippen molar-refractivity contribution >= 4 is 81.2 Å². The zero-order valence-electron chi connectivity index (χ0n) is 9.74. The second-order valence-corrected chi connectivity index (χ2v) is 8.82. The van der Waals surface area contributed by atoms with Gasteiger partial charge in [0.05, 0.1) is 0 Å². The minimum Gasteiger partial charge on any atom is -0.0930 e. The topological polar surface area (TPSA) is 0 Å². The number of rotatable bonds is 4. The number of hydrogen-bond donors (Lipinski definition) is 0. The fourth-order valence-corrected chi connectivity index (χ4v) is 2.89. The van der Waals surface area contributed by atoms with Gasteiger partial charge in [0.15, 0.2) is 4.33 Å². The van der Waals surface area contributed by atoms with E-state index in [0.717, 1.165) is 12.0 Å². The Hall–Kier alpha value is 1.25. The lowest BCUT2D eigenvalue weighted by Gasteiger charge is -2.37. The molecule has 0 spiro atoms. The molecule has 0 nitrogen and oxygen atoms in total. The molecule has 0 fully saturated rings. The van der Waals surface area contributed by atoms with Gasteiger partial charge in [0, 0.05) is 0 Å². The van der Waals surface area contributed by atoms with Crippen LogP contribution in [0.25, 0.3) is 0 Å². The third-order valence-corrected chi connectivity index (χ3v) is 6.42. The summed E-state index contributed by atoms with van der Waals surface area (Å²) in [7, 11) is 0. The summed E-state index contributed by atoms with van der Waals surface area (Å²) in [5.41, 5.74) is 1.47. The monoisotopic (exact) mass is 399 g/mol. The molecule has 1 radical (unpaired) electrons. The average molecular weight is 402 g/mol. The van der Waals surface area contributed by atoms with Crippen LogP contribution in [0.15, 0.2) is 24.3 Å². The maximum atomic E-state index is 6.21. The van der Waals surface area contributed by atoms with E-state index in [1.54, 1.807) is 12.1 Å². The van der Waals surface area contributed by atoms with Gasteiger partial charge < -0.3 is 0 Å². The maximum Gasteiger partial charge on any atom is 0.226 e. The molecule has 0 bridgehead atoms. The minimum atomic E-state index is -2.05. The van der Waals surface area contributed by atoms with Crippen molar-refractivity contribution in [2.75, 3.05) is 0 Å². The van der Waals surface area contributed by atoms with Gasteiger partial charge in [-0.3, -0.25) is 0 Å². The molecule has 0 aromatic heterocycles. The van der Waals surface area contributed by atoms with E-state index in [-0.39, 0.29) is 0 Å². The summed E-state index contributed by atoms with van der Waals surface area (Å²) in [6.07, 6.45) is 2.95. The Morgan fingerprint density at radius 1 is 0.895 bits per heavy atom. The first kappa shape index (κ1) is 18.3. The highest BCUT2D eigenvalue weighted by Crippen LogP contribution is 2.60. The van der Waals surface area contributed by atoms with Gasteiger partial charge in [-0.25, -0.2) is 0 Å². The molecule has 0 heterocycles. The van der Waals surface area contributed by atoms with Crippen molar-refractivity contribution in [3.8, 4) is 0 Å². The highest BCUT2D eigenvalue weighted by atomic mass is 35.6. The van der Waals surface area contributed by atoms with Crippen molar-refractivity contribution in [2.45, 2.75) is 25.8 Å². The fraction of sp³-hybridized carbons (Fsp3) is 0.417. The van der Waals surface area contributed by atoms with Crippen LogP contribution >= 0.6 is 81.2 Å². The molecule has 0 aliphatic carbocycles. The first-order chi connectivity index (χ1) is 8.54. The molecule has 0 saturated carbocycles. The van der Waals surface area contributed by atoms with Crippen molar-refractivity contribution in [2.24, 2.45) is 0 Å². The second kappa shape index (κ2) is 6.57. The third kappa shape index (κ3) is 3.92. The van der Waals surface area contributed by atoms with Gasteiger partial charge in [-0.2, -0.15) is 0 Å². The molecule has 107 valence electrons. The summed E-state index contributed by atoms with van der Waals surface area (Å²) in [6.45, 7) is 2.03. The standard InChI is InChI=1S/C12H10Cl7/c1-2-3-8-4-6-9(7-5-8)10(13,14)11(15,16)12(17,18)19/h3-7H,2H2,1H3. The average Bonchev–Trinajstić information content (AvgIpc) is 2.28. The lowest BCUT2D eigenvalue weighted by Crippen LogP contribution is -2.45. The van der Waals surface area contributed by atoms with Gasteiger partial charge in [0.2, 0.25) is 8.13 Å². The van der Waals surface area contributed by atoms with Crippen molar-refractivity contribution < 1.29 is 0 Å². The Morgan fingerprint density at radius 3 is 1.74 bits per heavy atom. The van der Waals surface area contributed by atoms with E-state index in [4.69, 9.17) is 81.2 Å². The van der Waals surface area contributed by atoms with Crippen LogP contribution in [0.1, 0.15) is 24.5 Å². The Balaban J connectivity index is 3.13. The summed E-state index contributed by atoms with van der Waals surface area (Å²) in [5.74, 6) is 0. The highest BCUT2D eigenvalue weighted by molar-refractivity contribution is 6.78. The lowest BCUT2D eigenvalue weighted by molar-refractivity contribution is 0.698. The zero-order chi connectivity index (χ0) is 14.9. The Morgan fingerprint density at radius 2 is 1.37 bits per heavy atom. The summed E-state index contributed by atoms with van der Waals surface area (Å²) in [4.78, 5) is 0. The van der Waals surface area contributed by atoms with Crippen LogP contribution in [-0.2, 0) is 4.33 Å². The van der Waals surface area contributed by atoms with Crippen LogP contribution in [0.4, 0.5) is 0 Å². The Labute approximate surface area is 148 Å². The van der Waals surface area contributed by atoms with Crippen molar-refractivity contribution in [3.63, 3.8) is 0 Å². The molecule has 0 amide bonds. The normalized spacial score (nSPS) is 13.7. The van der Waals surface area contributed by atoms with Crippen molar-refractivity contribution in [1.29, 1.82) is 0 Å². The molecule has 1 aromatic rings. The summed E-state index contributed by atoms with van der Waals surface area (Å²) in [5, 5.41) is 0. The number of benzene rings is 1. The first-order valence-electron chi connectivity index (χ1n) is 5.30. The van der Waals surface area contributed by atoms with E-state index < -0.39 is 12.5 Å². The van der Waals surface area contributed by atoms with Gasteiger partial charge in [0.25, 0.3) is 0 Å². The largest absolute Gasteiger partial charge is 0.226 e. The molecule has 19 heavy (non-hydrogen) atoms. The molecular weight excluding hydrogens is 392 g/mol. The van der Waals surface area contributed by atoms with Crippen LogP contribution in [-0.4, -0.2) is 8.13 Å². The van der Waals surface area contributed by atoms with E-state index in [1.165, 1.54) is 0 Å². The van der Waals surface area contributed by atoms with E-state index in [1.807, 2.05) is 25.5 Å². The van der Waals surface area contributed by atoms with Crippen molar-refractivity contribution in [1.82, 2.24) is 0 Å². The van der Waals surface area contributed by atoms with E-state index >= 15 is 0 Å². The number of alkyl halides is 7. The fourth-order valence-electron chi connectivity index (χ4n) is 1.42. The number of hydrogen-bond acceptors (Lipinski definition) is 0. The van der Waals surface area contributed by atoms with E-state index in [2.05, 4.69) is 0 Å². The van der Waals surface area contributed by atoms with Gasteiger partial charge in [-0.1, -0.05) is 112 Å². The number of halogens is 7. The molecule has 1 rings (SSSR count). The quantitative estimate of drug-likeness (QED) is 0.485. The van der Waals surface area contributed by atoms with Gasteiger partial charge in [-0.15, -0.1) is 0 Å². The minimum absolute atomic E-state index is 0.445. The van der Waals surface area contributed by atoms with Gasteiger partial charge in [-0.05, 0) is 24.0 Å². The van der Waals surface area contributed by atoms with Crippen LogP contribution in [0, 0.1) is 6.42 Å². The molecule has 1 aromatic carbocycles. The zero-order valence-corrected chi connectivity index (χ0v) is 15.0. The second-order valence-electron chi connectivity index (χ2n) is 3.88. The SMILES string of the molecule is CC[CH]c1ccc(C(Cl)(Cl)C(Cl)(Cl)C(Cl)(Cl)Cl)cc1. The summed E-state index contributed by atoms with van der Waals surface area (Å²) >= 11 is 41.7. The van der Waals surface area contributed by atoms with E-state index in [9.17, 15) is 0 Å². The summed E-state index contributed by atoms with van der Waals surface area (Å²) < 4.78 is -5.83. The molecule has 0 unspecified atom stereocenters. The molecule has 0 saturated heterocycles. The third-order valence-electron chi connectivity index (χ3n) is 2.46. The van der Waals surface area contributed by atoms with Crippen LogP contribution < -0.4 is 0 Å². The van der Waals surface area contributed by atoms with Crippen LogP contribution in [0.2, 0.25) is 0 Å². The van der Waals surface area contributed by atoms with Crippen LogP contribution in [0.5, 0.6) is 0 Å². The summed E-state index contributed by atoms with van der Waals surface area (Å²) in [6, 6.07) is 7.05. The molecule has 7 heteroatoms.